The average molecular weight is 253 g/mol. The number of aryl methyl sites for hydroxylation is 1. The van der Waals surface area contributed by atoms with Crippen molar-refractivity contribution in [2.45, 2.75) is 12.8 Å². The summed E-state index contributed by atoms with van der Waals surface area (Å²) in [5.41, 5.74) is 4.30. The molecule has 1 heterocycles. The number of nitrogens with zero attached hydrogens (tertiary/aromatic N) is 2. The van der Waals surface area contributed by atoms with E-state index < -0.39 is 0 Å². The van der Waals surface area contributed by atoms with Crippen LogP contribution in [0, 0.1) is 0 Å². The van der Waals surface area contributed by atoms with Gasteiger partial charge in [-0.25, -0.2) is 5.43 Å². The van der Waals surface area contributed by atoms with E-state index in [9.17, 15) is 4.79 Å². The van der Waals surface area contributed by atoms with Crippen LogP contribution in [0.15, 0.2) is 60.0 Å². The van der Waals surface area contributed by atoms with Gasteiger partial charge in [-0.15, -0.1) is 0 Å². The predicted molar refractivity (Wildman–Crippen MR) is 75.0 cm³/mol. The van der Waals surface area contributed by atoms with Crippen molar-refractivity contribution in [3.05, 3.63) is 66.0 Å². The van der Waals surface area contributed by atoms with Crippen LogP contribution in [0.3, 0.4) is 0 Å². The Morgan fingerprint density at radius 2 is 1.89 bits per heavy atom. The quantitative estimate of drug-likeness (QED) is 0.657. The minimum atomic E-state index is -0.224. The molecule has 4 nitrogen and oxygen atoms in total. The lowest BCUT2D eigenvalue weighted by atomic mass is 10.1. The van der Waals surface area contributed by atoms with Crippen molar-refractivity contribution < 1.29 is 4.79 Å². The Balaban J connectivity index is 1.74. The van der Waals surface area contributed by atoms with E-state index in [4.69, 9.17) is 0 Å². The van der Waals surface area contributed by atoms with Gasteiger partial charge >= 0.3 is 0 Å². The summed E-state index contributed by atoms with van der Waals surface area (Å²) in [6.45, 7) is 0. The van der Waals surface area contributed by atoms with Gasteiger partial charge in [0.2, 0.25) is 0 Å². The van der Waals surface area contributed by atoms with E-state index in [2.05, 4.69) is 27.6 Å². The molecule has 0 aliphatic heterocycles. The lowest BCUT2D eigenvalue weighted by molar-refractivity contribution is 0.0955. The summed E-state index contributed by atoms with van der Waals surface area (Å²) in [5.74, 6) is -0.224. The Hall–Kier alpha value is -2.49. The number of aromatic nitrogens is 1. The van der Waals surface area contributed by atoms with Crippen LogP contribution in [-0.4, -0.2) is 17.1 Å². The summed E-state index contributed by atoms with van der Waals surface area (Å²) in [6.07, 6.45) is 6.57. The normalized spacial score (nSPS) is 10.5. The van der Waals surface area contributed by atoms with Gasteiger partial charge in [-0.05, 0) is 30.5 Å². The van der Waals surface area contributed by atoms with Gasteiger partial charge in [0.15, 0.2) is 0 Å². The molecule has 0 unspecified atom stereocenters. The lowest BCUT2D eigenvalue weighted by Gasteiger charge is -1.99. The van der Waals surface area contributed by atoms with Crippen LogP contribution in [0.25, 0.3) is 0 Å². The monoisotopic (exact) mass is 253 g/mol. The molecule has 0 saturated carbocycles. The third-order valence-corrected chi connectivity index (χ3v) is 2.60. The van der Waals surface area contributed by atoms with Crippen molar-refractivity contribution in [2.75, 3.05) is 0 Å². The first-order chi connectivity index (χ1) is 9.36. The number of hydrogen-bond donors (Lipinski definition) is 1. The minimum absolute atomic E-state index is 0.224. The van der Waals surface area contributed by atoms with Gasteiger partial charge in [0.1, 0.15) is 0 Å². The Kier molecular flexibility index (Phi) is 4.81. The largest absolute Gasteiger partial charge is 0.271 e. The molecule has 4 heteroatoms. The number of carbonyl (C=O) groups is 1. The molecule has 2 rings (SSSR count). The zero-order chi connectivity index (χ0) is 13.3. The van der Waals surface area contributed by atoms with Gasteiger partial charge in [-0.3, -0.25) is 9.78 Å². The van der Waals surface area contributed by atoms with Crippen molar-refractivity contribution >= 4 is 12.1 Å². The molecule has 1 amide bonds. The molecule has 19 heavy (non-hydrogen) atoms. The number of amides is 1. The maximum Gasteiger partial charge on any atom is 0.271 e. The van der Waals surface area contributed by atoms with Crippen LogP contribution in [0.1, 0.15) is 22.3 Å². The molecule has 96 valence electrons. The standard InChI is InChI=1S/C15H15N3O/c19-15(14-8-11-16-12-9-14)18-17-10-4-7-13-5-2-1-3-6-13/h1-3,5-6,8-12H,4,7H2,(H,18,19)/b17-10+. The van der Waals surface area contributed by atoms with Crippen LogP contribution >= 0.6 is 0 Å². The molecule has 0 atom stereocenters. The number of rotatable bonds is 5. The van der Waals surface area contributed by atoms with E-state index in [1.165, 1.54) is 5.56 Å². The highest BCUT2D eigenvalue weighted by Gasteiger charge is 2.01. The maximum absolute atomic E-state index is 11.6. The Labute approximate surface area is 112 Å². The zero-order valence-corrected chi connectivity index (χ0v) is 10.5. The third-order valence-electron chi connectivity index (χ3n) is 2.60. The second kappa shape index (κ2) is 7.06. The molecule has 1 aromatic carbocycles. The summed E-state index contributed by atoms with van der Waals surface area (Å²) >= 11 is 0. The number of hydrogen-bond acceptors (Lipinski definition) is 3. The average Bonchev–Trinajstić information content (AvgIpc) is 2.49. The van der Waals surface area contributed by atoms with E-state index in [0.717, 1.165) is 12.8 Å². The summed E-state index contributed by atoms with van der Waals surface area (Å²) in [7, 11) is 0. The van der Waals surface area contributed by atoms with E-state index in [-0.39, 0.29) is 5.91 Å². The number of hydrazone groups is 1. The fraction of sp³-hybridized carbons (Fsp3) is 0.133. The van der Waals surface area contributed by atoms with Crippen molar-refractivity contribution in [1.82, 2.24) is 10.4 Å². The van der Waals surface area contributed by atoms with Gasteiger partial charge in [0, 0.05) is 24.2 Å². The number of carbonyl (C=O) groups excluding carboxylic acids is 1. The topological polar surface area (TPSA) is 54.4 Å². The molecule has 1 aromatic heterocycles. The van der Waals surface area contributed by atoms with Crippen LogP contribution in [0.4, 0.5) is 0 Å². The van der Waals surface area contributed by atoms with Crippen molar-refractivity contribution in [3.8, 4) is 0 Å². The molecular weight excluding hydrogens is 238 g/mol. The molecule has 1 N–H and O–H groups in total. The van der Waals surface area contributed by atoms with E-state index in [1.807, 2.05) is 18.2 Å². The fourth-order valence-corrected chi connectivity index (χ4v) is 1.61. The summed E-state index contributed by atoms with van der Waals surface area (Å²) < 4.78 is 0. The summed E-state index contributed by atoms with van der Waals surface area (Å²) in [5, 5.41) is 3.92. The van der Waals surface area contributed by atoms with E-state index in [1.54, 1.807) is 30.7 Å². The highest BCUT2D eigenvalue weighted by atomic mass is 16.2. The first-order valence-corrected chi connectivity index (χ1v) is 6.12. The molecule has 0 aliphatic carbocycles. The van der Waals surface area contributed by atoms with Gasteiger partial charge in [0.05, 0.1) is 0 Å². The molecule has 0 fully saturated rings. The van der Waals surface area contributed by atoms with Gasteiger partial charge in [-0.2, -0.15) is 5.10 Å². The second-order valence-corrected chi connectivity index (χ2v) is 4.01. The Morgan fingerprint density at radius 3 is 2.63 bits per heavy atom. The number of nitrogens with one attached hydrogen (secondary N) is 1. The third kappa shape index (κ3) is 4.35. The SMILES string of the molecule is O=C(N/N=C/CCc1ccccc1)c1ccncc1. The van der Waals surface area contributed by atoms with Crippen LogP contribution < -0.4 is 5.43 Å². The van der Waals surface area contributed by atoms with E-state index in [0.29, 0.717) is 5.56 Å². The molecule has 0 spiro atoms. The minimum Gasteiger partial charge on any atom is -0.267 e. The second-order valence-electron chi connectivity index (χ2n) is 4.01. The van der Waals surface area contributed by atoms with Gasteiger partial charge < -0.3 is 0 Å². The van der Waals surface area contributed by atoms with Gasteiger partial charge in [0.25, 0.3) is 5.91 Å². The van der Waals surface area contributed by atoms with E-state index >= 15 is 0 Å². The molecule has 0 saturated heterocycles. The molecule has 0 bridgehead atoms. The zero-order valence-electron chi connectivity index (χ0n) is 10.5. The smallest absolute Gasteiger partial charge is 0.267 e. The van der Waals surface area contributed by atoms with Crippen molar-refractivity contribution in [1.29, 1.82) is 0 Å². The maximum atomic E-state index is 11.6. The summed E-state index contributed by atoms with van der Waals surface area (Å²) in [4.78, 5) is 15.5. The van der Waals surface area contributed by atoms with Crippen LogP contribution in [0.5, 0.6) is 0 Å². The lowest BCUT2D eigenvalue weighted by Crippen LogP contribution is -2.17. The van der Waals surface area contributed by atoms with Crippen molar-refractivity contribution in [3.63, 3.8) is 0 Å². The fourth-order valence-electron chi connectivity index (χ4n) is 1.61. The van der Waals surface area contributed by atoms with Crippen LogP contribution in [-0.2, 0) is 6.42 Å². The first-order valence-electron chi connectivity index (χ1n) is 6.12. The Bertz CT molecular complexity index is 538. The molecule has 2 aromatic rings. The highest BCUT2D eigenvalue weighted by Crippen LogP contribution is 2.00. The molecular formula is C15H15N3O. The number of pyridine rings is 1. The Morgan fingerprint density at radius 1 is 1.16 bits per heavy atom. The van der Waals surface area contributed by atoms with Crippen molar-refractivity contribution in [2.24, 2.45) is 5.10 Å². The highest BCUT2D eigenvalue weighted by molar-refractivity contribution is 5.94. The predicted octanol–water partition coefficient (Wildman–Crippen LogP) is 2.43. The summed E-state index contributed by atoms with van der Waals surface area (Å²) in [6, 6.07) is 13.5. The first kappa shape index (κ1) is 13.0. The molecule has 0 radical (unpaired) electrons. The molecule has 0 aliphatic rings. The van der Waals surface area contributed by atoms with Gasteiger partial charge in [-0.1, -0.05) is 30.3 Å². The van der Waals surface area contributed by atoms with Crippen LogP contribution in [0.2, 0.25) is 0 Å². The number of benzene rings is 1.